The fourth-order valence-electron chi connectivity index (χ4n) is 3.41. The first-order chi connectivity index (χ1) is 11.7. The number of hydrogen-bond donors (Lipinski definition) is 0. The van der Waals surface area contributed by atoms with Crippen molar-refractivity contribution in [2.75, 3.05) is 0 Å². The Balaban J connectivity index is 1.90. The van der Waals surface area contributed by atoms with Crippen LogP contribution in [0.5, 0.6) is 5.75 Å². The molecule has 0 saturated carbocycles. The minimum Gasteiger partial charge on any atom is -0.467 e. The van der Waals surface area contributed by atoms with Gasteiger partial charge >= 0.3 is 0 Å². The first-order valence-corrected chi connectivity index (χ1v) is 9.22. The molecular weight excluding hydrogens is 312 g/mol. The van der Waals surface area contributed by atoms with Crippen molar-refractivity contribution in [3.8, 4) is 5.75 Å². The number of rotatable bonds is 2. The molecule has 0 amide bonds. The van der Waals surface area contributed by atoms with E-state index in [1.807, 2.05) is 11.8 Å². The molecular formula is C22H20OS. The van der Waals surface area contributed by atoms with E-state index >= 15 is 0 Å². The Morgan fingerprint density at radius 2 is 1.42 bits per heavy atom. The SMILES string of the molecule is Cc1cc(C)c2c(c1)CSC(c1ccccc1)(c1ccccc1)O2. The van der Waals surface area contributed by atoms with Crippen molar-refractivity contribution in [1.29, 1.82) is 0 Å². The van der Waals surface area contributed by atoms with Crippen LogP contribution in [-0.2, 0) is 10.7 Å². The maximum Gasteiger partial charge on any atom is 0.206 e. The monoisotopic (exact) mass is 332 g/mol. The van der Waals surface area contributed by atoms with E-state index in [-0.39, 0.29) is 0 Å². The second kappa shape index (κ2) is 6.03. The Kier molecular flexibility index (Phi) is 3.85. The summed E-state index contributed by atoms with van der Waals surface area (Å²) in [5.41, 5.74) is 6.17. The Labute approximate surface area is 147 Å². The summed E-state index contributed by atoms with van der Waals surface area (Å²) < 4.78 is 6.74. The lowest BCUT2D eigenvalue weighted by Gasteiger charge is -2.39. The van der Waals surface area contributed by atoms with Gasteiger partial charge in [0, 0.05) is 22.4 Å². The molecule has 0 aromatic heterocycles. The van der Waals surface area contributed by atoms with Crippen LogP contribution >= 0.6 is 11.8 Å². The van der Waals surface area contributed by atoms with Crippen molar-refractivity contribution in [2.24, 2.45) is 0 Å². The van der Waals surface area contributed by atoms with E-state index in [9.17, 15) is 0 Å². The van der Waals surface area contributed by atoms with Crippen LogP contribution in [0, 0.1) is 13.8 Å². The van der Waals surface area contributed by atoms with Crippen molar-refractivity contribution < 1.29 is 4.74 Å². The maximum absolute atomic E-state index is 6.74. The quantitative estimate of drug-likeness (QED) is 0.584. The molecule has 3 aromatic carbocycles. The van der Waals surface area contributed by atoms with Crippen molar-refractivity contribution in [2.45, 2.75) is 24.5 Å². The van der Waals surface area contributed by atoms with E-state index in [0.717, 1.165) is 11.5 Å². The van der Waals surface area contributed by atoms with E-state index < -0.39 is 4.93 Å². The third kappa shape index (κ3) is 2.51. The summed E-state index contributed by atoms with van der Waals surface area (Å²) in [6.07, 6.45) is 0. The fraction of sp³-hybridized carbons (Fsp3) is 0.182. The van der Waals surface area contributed by atoms with Gasteiger partial charge in [0.2, 0.25) is 4.93 Å². The Bertz CT molecular complexity index is 816. The van der Waals surface area contributed by atoms with E-state index in [1.54, 1.807) is 0 Å². The highest BCUT2D eigenvalue weighted by molar-refractivity contribution is 7.99. The average Bonchev–Trinajstić information content (AvgIpc) is 2.63. The number of fused-ring (bicyclic) bond motifs is 1. The van der Waals surface area contributed by atoms with Gasteiger partial charge in [0.05, 0.1) is 0 Å². The number of ether oxygens (including phenoxy) is 1. The minimum absolute atomic E-state index is 0.491. The smallest absolute Gasteiger partial charge is 0.206 e. The van der Waals surface area contributed by atoms with Crippen molar-refractivity contribution >= 4 is 11.8 Å². The summed E-state index contributed by atoms with van der Waals surface area (Å²) in [5, 5.41) is 0. The van der Waals surface area contributed by atoms with Crippen LogP contribution in [0.3, 0.4) is 0 Å². The lowest BCUT2D eigenvalue weighted by molar-refractivity contribution is 0.202. The molecule has 0 saturated heterocycles. The molecule has 120 valence electrons. The minimum atomic E-state index is -0.491. The molecule has 0 radical (unpaired) electrons. The van der Waals surface area contributed by atoms with Gasteiger partial charge in [-0.05, 0) is 19.4 Å². The average molecular weight is 332 g/mol. The van der Waals surface area contributed by atoms with Crippen LogP contribution in [0.2, 0.25) is 0 Å². The molecule has 0 spiro atoms. The molecule has 1 aliphatic heterocycles. The van der Waals surface area contributed by atoms with Gasteiger partial charge in [-0.3, -0.25) is 0 Å². The second-order valence-corrected chi connectivity index (χ2v) is 7.46. The molecule has 3 aromatic rings. The molecule has 2 heteroatoms. The lowest BCUT2D eigenvalue weighted by Crippen LogP contribution is -2.34. The van der Waals surface area contributed by atoms with Gasteiger partial charge in [-0.15, -0.1) is 11.8 Å². The largest absolute Gasteiger partial charge is 0.467 e. The van der Waals surface area contributed by atoms with Crippen LogP contribution in [-0.4, -0.2) is 0 Å². The van der Waals surface area contributed by atoms with Crippen LogP contribution in [0.15, 0.2) is 72.8 Å². The zero-order valence-corrected chi connectivity index (χ0v) is 14.8. The van der Waals surface area contributed by atoms with E-state index in [2.05, 4.69) is 86.6 Å². The predicted octanol–water partition coefficient (Wildman–Crippen LogP) is 5.83. The Morgan fingerprint density at radius 3 is 2.00 bits per heavy atom. The van der Waals surface area contributed by atoms with Gasteiger partial charge < -0.3 is 4.74 Å². The molecule has 24 heavy (non-hydrogen) atoms. The van der Waals surface area contributed by atoms with Gasteiger partial charge in [0.1, 0.15) is 5.75 Å². The van der Waals surface area contributed by atoms with Crippen LogP contribution in [0.25, 0.3) is 0 Å². The first kappa shape index (κ1) is 15.3. The molecule has 1 aliphatic rings. The molecule has 1 heterocycles. The highest BCUT2D eigenvalue weighted by Gasteiger charge is 2.41. The Morgan fingerprint density at radius 1 is 0.833 bits per heavy atom. The predicted molar refractivity (Wildman–Crippen MR) is 102 cm³/mol. The summed E-state index contributed by atoms with van der Waals surface area (Å²) in [6, 6.07) is 25.5. The molecule has 4 rings (SSSR count). The van der Waals surface area contributed by atoms with Crippen LogP contribution in [0.1, 0.15) is 27.8 Å². The molecule has 0 atom stereocenters. The van der Waals surface area contributed by atoms with Crippen molar-refractivity contribution in [1.82, 2.24) is 0 Å². The highest BCUT2D eigenvalue weighted by atomic mass is 32.2. The zero-order chi connectivity index (χ0) is 16.6. The number of hydrogen-bond acceptors (Lipinski definition) is 2. The van der Waals surface area contributed by atoms with Crippen LogP contribution in [0.4, 0.5) is 0 Å². The van der Waals surface area contributed by atoms with E-state index in [0.29, 0.717) is 0 Å². The fourth-order valence-corrected chi connectivity index (χ4v) is 4.74. The molecule has 0 aliphatic carbocycles. The van der Waals surface area contributed by atoms with Gasteiger partial charge in [-0.25, -0.2) is 0 Å². The second-order valence-electron chi connectivity index (χ2n) is 6.31. The maximum atomic E-state index is 6.74. The standard InChI is InChI=1S/C22H20OS/c1-16-13-17(2)21-18(14-16)15-24-22(23-21,19-9-5-3-6-10-19)20-11-7-4-8-12-20/h3-14H,15H2,1-2H3. The summed E-state index contributed by atoms with van der Waals surface area (Å²) >= 11 is 1.85. The third-order valence-electron chi connectivity index (χ3n) is 4.48. The van der Waals surface area contributed by atoms with Gasteiger partial charge in [0.25, 0.3) is 0 Å². The number of aryl methyl sites for hydroxylation is 2. The zero-order valence-electron chi connectivity index (χ0n) is 14.0. The van der Waals surface area contributed by atoms with E-state index in [1.165, 1.54) is 27.8 Å². The summed E-state index contributed by atoms with van der Waals surface area (Å²) in [5.74, 6) is 1.98. The van der Waals surface area contributed by atoms with Gasteiger partial charge in [0.15, 0.2) is 0 Å². The molecule has 0 N–H and O–H groups in total. The molecule has 1 nitrogen and oxygen atoms in total. The van der Waals surface area contributed by atoms with Crippen molar-refractivity contribution in [3.63, 3.8) is 0 Å². The number of benzene rings is 3. The summed E-state index contributed by atoms with van der Waals surface area (Å²) in [6.45, 7) is 4.29. The van der Waals surface area contributed by atoms with E-state index in [4.69, 9.17) is 4.74 Å². The third-order valence-corrected chi connectivity index (χ3v) is 5.90. The van der Waals surface area contributed by atoms with Gasteiger partial charge in [-0.1, -0.05) is 78.4 Å². The highest BCUT2D eigenvalue weighted by Crippen LogP contribution is 2.51. The lowest BCUT2D eigenvalue weighted by atomic mass is 9.99. The Hall–Kier alpha value is -2.19. The molecule has 0 bridgehead atoms. The summed E-state index contributed by atoms with van der Waals surface area (Å²) in [4.78, 5) is -0.491. The normalized spacial score (nSPS) is 15.4. The summed E-state index contributed by atoms with van der Waals surface area (Å²) in [7, 11) is 0. The van der Waals surface area contributed by atoms with Gasteiger partial charge in [-0.2, -0.15) is 0 Å². The topological polar surface area (TPSA) is 9.23 Å². The molecule has 0 unspecified atom stereocenters. The molecule has 0 fully saturated rings. The first-order valence-electron chi connectivity index (χ1n) is 8.23. The van der Waals surface area contributed by atoms with Crippen LogP contribution < -0.4 is 4.74 Å². The van der Waals surface area contributed by atoms with Crippen molar-refractivity contribution in [3.05, 3.63) is 101 Å². The number of thioether (sulfide) groups is 1.